The lowest BCUT2D eigenvalue weighted by molar-refractivity contribution is -0.123. The summed E-state index contributed by atoms with van der Waals surface area (Å²) in [5.74, 6) is -0.254. The summed E-state index contributed by atoms with van der Waals surface area (Å²) in [6, 6.07) is 11.2. The Hall–Kier alpha value is -0.590. The number of thioether (sulfide) groups is 1. The number of benzene rings is 2. The SMILES string of the molecule is O=C1S/C(=C\c2cc(Br)cc(I)c2O)C(=O)N1Cc1ccc(I)cc1. The van der Waals surface area contributed by atoms with Crippen LogP contribution in [0.2, 0.25) is 0 Å². The molecule has 0 unspecified atom stereocenters. The number of halogens is 3. The number of phenolic OH excluding ortho intramolecular Hbond substituents is 1. The van der Waals surface area contributed by atoms with E-state index in [1.807, 2.05) is 46.9 Å². The molecule has 0 spiro atoms. The number of phenols is 1. The van der Waals surface area contributed by atoms with Gasteiger partial charge in [-0.05, 0) is 92.8 Å². The minimum absolute atomic E-state index is 0.0910. The number of hydrogen-bond donors (Lipinski definition) is 1. The number of aromatic hydroxyl groups is 1. The van der Waals surface area contributed by atoms with Gasteiger partial charge < -0.3 is 5.11 Å². The summed E-state index contributed by atoms with van der Waals surface area (Å²) in [5, 5.41) is 9.86. The molecule has 25 heavy (non-hydrogen) atoms. The van der Waals surface area contributed by atoms with Crippen molar-refractivity contribution in [1.29, 1.82) is 0 Å². The Bertz CT molecular complexity index is 900. The lowest BCUT2D eigenvalue weighted by Gasteiger charge is -2.12. The van der Waals surface area contributed by atoms with Gasteiger partial charge in [0, 0.05) is 13.6 Å². The number of imide groups is 1. The van der Waals surface area contributed by atoms with Crippen molar-refractivity contribution < 1.29 is 14.7 Å². The quantitative estimate of drug-likeness (QED) is 0.350. The molecule has 3 rings (SSSR count). The highest BCUT2D eigenvalue weighted by Gasteiger charge is 2.35. The van der Waals surface area contributed by atoms with Crippen molar-refractivity contribution in [3.63, 3.8) is 0 Å². The predicted molar refractivity (Wildman–Crippen MR) is 119 cm³/mol. The fourth-order valence-corrected chi connectivity index (χ4v) is 4.98. The molecule has 1 fully saturated rings. The van der Waals surface area contributed by atoms with E-state index in [0.29, 0.717) is 14.0 Å². The summed E-state index contributed by atoms with van der Waals surface area (Å²) in [6.45, 7) is 0.237. The standard InChI is InChI=1S/C17H10BrI2NO3S/c18-11-5-10(15(22)13(20)7-11)6-14-16(23)21(17(24)25-14)8-9-1-3-12(19)4-2-9/h1-7,22H,8H2/b14-6-. The molecule has 1 aliphatic heterocycles. The lowest BCUT2D eigenvalue weighted by atomic mass is 10.2. The van der Waals surface area contributed by atoms with E-state index in [9.17, 15) is 14.7 Å². The van der Waals surface area contributed by atoms with Gasteiger partial charge in [0.1, 0.15) is 5.75 Å². The molecule has 2 aromatic rings. The van der Waals surface area contributed by atoms with Crippen molar-refractivity contribution in [3.05, 3.63) is 64.0 Å². The molecule has 0 radical (unpaired) electrons. The number of carbonyl (C=O) groups excluding carboxylic acids is 2. The Balaban J connectivity index is 1.87. The average Bonchev–Trinajstić information content (AvgIpc) is 2.81. The highest BCUT2D eigenvalue weighted by Crippen LogP contribution is 2.36. The normalized spacial score (nSPS) is 16.1. The van der Waals surface area contributed by atoms with E-state index in [-0.39, 0.29) is 23.4 Å². The minimum Gasteiger partial charge on any atom is -0.506 e. The number of carbonyl (C=O) groups is 2. The van der Waals surface area contributed by atoms with Crippen LogP contribution < -0.4 is 0 Å². The van der Waals surface area contributed by atoms with E-state index >= 15 is 0 Å². The molecular weight excluding hydrogens is 632 g/mol. The first-order chi connectivity index (χ1) is 11.8. The van der Waals surface area contributed by atoms with Crippen LogP contribution in [0, 0.1) is 7.14 Å². The van der Waals surface area contributed by atoms with Gasteiger partial charge in [0.05, 0.1) is 15.0 Å². The van der Waals surface area contributed by atoms with Gasteiger partial charge in [-0.25, -0.2) is 0 Å². The van der Waals surface area contributed by atoms with Crippen molar-refractivity contribution in [2.24, 2.45) is 0 Å². The molecule has 2 aromatic carbocycles. The maximum Gasteiger partial charge on any atom is 0.293 e. The Morgan fingerprint density at radius 2 is 1.84 bits per heavy atom. The van der Waals surface area contributed by atoms with E-state index in [4.69, 9.17) is 0 Å². The number of nitrogens with zero attached hydrogens (tertiary/aromatic N) is 1. The molecule has 128 valence electrons. The maximum atomic E-state index is 12.6. The molecule has 1 saturated heterocycles. The van der Waals surface area contributed by atoms with Crippen LogP contribution in [0.25, 0.3) is 6.08 Å². The van der Waals surface area contributed by atoms with E-state index < -0.39 is 0 Å². The summed E-state index contributed by atoms with van der Waals surface area (Å²) in [5.41, 5.74) is 1.39. The summed E-state index contributed by atoms with van der Waals surface area (Å²) >= 11 is 8.48. The third kappa shape index (κ3) is 4.40. The van der Waals surface area contributed by atoms with Crippen molar-refractivity contribution >= 4 is 90.1 Å². The number of hydrogen-bond acceptors (Lipinski definition) is 4. The zero-order chi connectivity index (χ0) is 18.1. The molecule has 0 bridgehead atoms. The molecular formula is C17H10BrI2NO3S. The van der Waals surface area contributed by atoms with Gasteiger partial charge >= 0.3 is 0 Å². The Morgan fingerprint density at radius 1 is 1.16 bits per heavy atom. The second-order valence-electron chi connectivity index (χ2n) is 5.22. The van der Waals surface area contributed by atoms with Crippen LogP contribution in [-0.2, 0) is 11.3 Å². The van der Waals surface area contributed by atoms with Gasteiger partial charge in [-0.1, -0.05) is 28.1 Å². The maximum absolute atomic E-state index is 12.6. The second-order valence-corrected chi connectivity index (χ2v) is 9.54. The molecule has 0 saturated carbocycles. The third-order valence-electron chi connectivity index (χ3n) is 3.47. The van der Waals surface area contributed by atoms with Gasteiger partial charge in [0.2, 0.25) is 0 Å². The van der Waals surface area contributed by atoms with Crippen molar-refractivity contribution in [2.45, 2.75) is 6.54 Å². The molecule has 2 amide bonds. The molecule has 1 heterocycles. The van der Waals surface area contributed by atoms with Gasteiger partial charge in [0.15, 0.2) is 0 Å². The molecule has 8 heteroatoms. The zero-order valence-corrected chi connectivity index (χ0v) is 19.2. The minimum atomic E-state index is -0.345. The monoisotopic (exact) mass is 641 g/mol. The van der Waals surface area contributed by atoms with Crippen LogP contribution in [0.5, 0.6) is 5.75 Å². The third-order valence-corrected chi connectivity index (χ3v) is 6.38. The fraction of sp³-hybridized carbons (Fsp3) is 0.0588. The highest BCUT2D eigenvalue weighted by atomic mass is 127. The smallest absolute Gasteiger partial charge is 0.293 e. The molecule has 4 nitrogen and oxygen atoms in total. The van der Waals surface area contributed by atoms with Crippen molar-refractivity contribution in [3.8, 4) is 5.75 Å². The second kappa shape index (κ2) is 7.97. The van der Waals surface area contributed by atoms with Crippen molar-refractivity contribution in [1.82, 2.24) is 4.90 Å². The Morgan fingerprint density at radius 3 is 2.52 bits per heavy atom. The van der Waals surface area contributed by atoms with E-state index in [2.05, 4.69) is 38.5 Å². The van der Waals surface area contributed by atoms with Crippen LogP contribution in [0.4, 0.5) is 4.79 Å². The topological polar surface area (TPSA) is 57.6 Å². The lowest BCUT2D eigenvalue weighted by Crippen LogP contribution is -2.27. The average molecular weight is 642 g/mol. The van der Waals surface area contributed by atoms with Gasteiger partial charge in [-0.2, -0.15) is 0 Å². The first-order valence-corrected chi connectivity index (χ1v) is 10.8. The molecule has 0 atom stereocenters. The summed E-state index contributed by atoms with van der Waals surface area (Å²) in [6.07, 6.45) is 1.56. The fourth-order valence-electron chi connectivity index (χ4n) is 2.25. The largest absolute Gasteiger partial charge is 0.506 e. The first-order valence-electron chi connectivity index (χ1n) is 7.03. The van der Waals surface area contributed by atoms with Crippen molar-refractivity contribution in [2.75, 3.05) is 0 Å². The number of rotatable bonds is 3. The zero-order valence-electron chi connectivity index (χ0n) is 12.5. The van der Waals surface area contributed by atoms with E-state index in [0.717, 1.165) is 25.4 Å². The van der Waals surface area contributed by atoms with Gasteiger partial charge in [-0.3, -0.25) is 14.5 Å². The predicted octanol–water partition coefficient (Wildman–Crippen LogP) is 5.60. The van der Waals surface area contributed by atoms with Crippen LogP contribution >= 0.6 is 72.9 Å². The van der Waals surface area contributed by atoms with Crippen LogP contribution in [0.1, 0.15) is 11.1 Å². The van der Waals surface area contributed by atoms with Gasteiger partial charge in [-0.15, -0.1) is 0 Å². The molecule has 1 N–H and O–H groups in total. The Labute approximate surface area is 184 Å². The van der Waals surface area contributed by atoms with E-state index in [1.165, 1.54) is 4.90 Å². The molecule has 0 aliphatic carbocycles. The van der Waals surface area contributed by atoms with E-state index in [1.54, 1.807) is 18.2 Å². The number of amides is 2. The molecule has 1 aliphatic rings. The molecule has 0 aromatic heterocycles. The highest BCUT2D eigenvalue weighted by molar-refractivity contribution is 14.1. The van der Waals surface area contributed by atoms with Crippen LogP contribution in [0.15, 0.2) is 45.8 Å². The summed E-state index contributed by atoms with van der Waals surface area (Å²) in [7, 11) is 0. The van der Waals surface area contributed by atoms with Gasteiger partial charge in [0.25, 0.3) is 11.1 Å². The summed E-state index contributed by atoms with van der Waals surface area (Å²) in [4.78, 5) is 26.3. The Kier molecular flexibility index (Phi) is 6.11. The first kappa shape index (κ1) is 19.2. The van der Waals surface area contributed by atoms with Crippen LogP contribution in [-0.4, -0.2) is 21.2 Å². The van der Waals surface area contributed by atoms with Crippen LogP contribution in [0.3, 0.4) is 0 Å². The summed E-state index contributed by atoms with van der Waals surface area (Å²) < 4.78 is 2.55.